The molecule has 3 aromatic rings. The molecule has 1 aliphatic heterocycles. The predicted molar refractivity (Wildman–Crippen MR) is 114 cm³/mol. The van der Waals surface area contributed by atoms with Gasteiger partial charge in [-0.15, -0.1) is 0 Å². The monoisotopic (exact) mass is 420 g/mol. The highest BCUT2D eigenvalue weighted by Crippen LogP contribution is 2.41. The van der Waals surface area contributed by atoms with E-state index in [1.165, 1.54) is 0 Å². The molecule has 8 nitrogen and oxygen atoms in total. The first-order valence-corrected chi connectivity index (χ1v) is 10.6. The van der Waals surface area contributed by atoms with Crippen LogP contribution in [0.2, 0.25) is 0 Å². The molecule has 8 heteroatoms. The van der Waals surface area contributed by atoms with Crippen LogP contribution in [0.1, 0.15) is 42.5 Å². The smallest absolute Gasteiger partial charge is 0.258 e. The number of carbonyl (C=O) groups excluding carboxylic acids is 2. The number of para-hydroxylation sites is 1. The molecule has 1 saturated carbocycles. The molecule has 0 bridgehead atoms. The quantitative estimate of drug-likeness (QED) is 0.692. The van der Waals surface area contributed by atoms with Gasteiger partial charge in [0, 0.05) is 6.04 Å². The predicted octanol–water partition coefficient (Wildman–Crippen LogP) is 3.64. The number of rotatable bonds is 4. The molecule has 2 fully saturated rings. The fraction of sp³-hybridized carbons (Fsp3) is 0.391. The average molecular weight is 420 g/mol. The Bertz CT molecular complexity index is 1130. The number of nitrogens with one attached hydrogen (secondary N) is 1. The van der Waals surface area contributed by atoms with Gasteiger partial charge in [-0.25, -0.2) is 4.63 Å². The molecule has 2 aliphatic rings. The van der Waals surface area contributed by atoms with Crippen molar-refractivity contribution in [1.29, 1.82) is 0 Å². The summed E-state index contributed by atoms with van der Waals surface area (Å²) in [6, 6.07) is 12.0. The number of ether oxygens (including phenoxy) is 1. The van der Waals surface area contributed by atoms with Gasteiger partial charge < -0.3 is 15.0 Å². The van der Waals surface area contributed by atoms with Crippen LogP contribution in [-0.2, 0) is 4.79 Å². The van der Waals surface area contributed by atoms with Crippen molar-refractivity contribution in [2.24, 2.45) is 5.92 Å². The SMILES string of the molecule is COc1ccccc1C(=O)N1[C@H](C(=O)Nc2cccc3nonc23)C[C@@H]2CCCC[C@@H]21. The molecule has 0 spiro atoms. The van der Waals surface area contributed by atoms with E-state index in [0.717, 1.165) is 25.7 Å². The van der Waals surface area contributed by atoms with Crippen LogP contribution >= 0.6 is 0 Å². The number of hydrogen-bond acceptors (Lipinski definition) is 6. The van der Waals surface area contributed by atoms with Crippen molar-refractivity contribution >= 4 is 28.5 Å². The number of hydrogen-bond donors (Lipinski definition) is 1. The normalized spacial score (nSPS) is 22.9. The average Bonchev–Trinajstić information content (AvgIpc) is 3.44. The highest BCUT2D eigenvalue weighted by molar-refractivity contribution is 6.05. The standard InChI is InChI=1S/C23H24N4O4/c1-30-20-12-5-3-8-15(20)23(29)27-18-11-4-2-7-14(18)13-19(27)22(28)24-16-9-6-10-17-21(16)26-31-25-17/h3,5-6,8-10,12,14,18-19H,2,4,7,11,13H2,1H3,(H,24,28)/t14-,18-,19-/m0/s1. The summed E-state index contributed by atoms with van der Waals surface area (Å²) in [4.78, 5) is 28.8. The van der Waals surface area contributed by atoms with Crippen LogP contribution in [0.4, 0.5) is 5.69 Å². The van der Waals surface area contributed by atoms with Crippen LogP contribution in [0.5, 0.6) is 5.75 Å². The lowest BCUT2D eigenvalue weighted by atomic mass is 9.84. The second-order valence-corrected chi connectivity index (χ2v) is 8.20. The maximum Gasteiger partial charge on any atom is 0.258 e. The zero-order valence-corrected chi connectivity index (χ0v) is 17.3. The molecule has 2 aromatic carbocycles. The number of methoxy groups -OCH3 is 1. The van der Waals surface area contributed by atoms with E-state index < -0.39 is 6.04 Å². The van der Waals surface area contributed by atoms with Gasteiger partial charge in [-0.3, -0.25) is 9.59 Å². The zero-order valence-electron chi connectivity index (χ0n) is 17.3. The molecule has 1 aliphatic carbocycles. The molecule has 1 aromatic heterocycles. The first kappa shape index (κ1) is 19.5. The first-order valence-electron chi connectivity index (χ1n) is 10.6. The Kier molecular flexibility index (Phi) is 5.05. The molecule has 1 N–H and O–H groups in total. The first-order chi connectivity index (χ1) is 15.2. The highest BCUT2D eigenvalue weighted by atomic mass is 16.6. The number of carbonyl (C=O) groups is 2. The summed E-state index contributed by atoms with van der Waals surface area (Å²) in [5.74, 6) is 0.471. The van der Waals surface area contributed by atoms with Crippen LogP contribution in [0.25, 0.3) is 11.0 Å². The maximum absolute atomic E-state index is 13.6. The van der Waals surface area contributed by atoms with Crippen molar-refractivity contribution in [3.63, 3.8) is 0 Å². The summed E-state index contributed by atoms with van der Waals surface area (Å²) in [5, 5.41) is 10.7. The number of aromatic nitrogens is 2. The van der Waals surface area contributed by atoms with Crippen molar-refractivity contribution in [1.82, 2.24) is 15.2 Å². The van der Waals surface area contributed by atoms with Crippen LogP contribution in [0.3, 0.4) is 0 Å². The van der Waals surface area contributed by atoms with E-state index in [1.54, 1.807) is 42.3 Å². The topological polar surface area (TPSA) is 97.6 Å². The third-order valence-electron chi connectivity index (χ3n) is 6.51. The minimum atomic E-state index is -0.555. The molecular weight excluding hydrogens is 396 g/mol. The molecule has 31 heavy (non-hydrogen) atoms. The van der Waals surface area contributed by atoms with Gasteiger partial charge in [0.1, 0.15) is 17.3 Å². The van der Waals surface area contributed by atoms with Crippen molar-refractivity contribution in [2.75, 3.05) is 12.4 Å². The highest BCUT2D eigenvalue weighted by Gasteiger charge is 2.48. The van der Waals surface area contributed by atoms with Crippen molar-refractivity contribution < 1.29 is 19.0 Å². The maximum atomic E-state index is 13.6. The van der Waals surface area contributed by atoms with Crippen molar-refractivity contribution in [3.05, 3.63) is 48.0 Å². The largest absolute Gasteiger partial charge is 0.496 e. The number of amides is 2. The molecule has 5 rings (SSSR count). The number of nitrogens with zero attached hydrogens (tertiary/aromatic N) is 3. The Morgan fingerprint density at radius 3 is 2.81 bits per heavy atom. The summed E-state index contributed by atoms with van der Waals surface area (Å²) >= 11 is 0. The summed E-state index contributed by atoms with van der Waals surface area (Å²) in [7, 11) is 1.55. The minimum Gasteiger partial charge on any atom is -0.496 e. The lowest BCUT2D eigenvalue weighted by Gasteiger charge is -2.34. The van der Waals surface area contributed by atoms with Crippen LogP contribution in [-0.4, -0.2) is 46.2 Å². The zero-order chi connectivity index (χ0) is 21.4. The second-order valence-electron chi connectivity index (χ2n) is 8.20. The lowest BCUT2D eigenvalue weighted by Crippen LogP contribution is -2.48. The van der Waals surface area contributed by atoms with Crippen molar-refractivity contribution in [3.8, 4) is 5.75 Å². The molecule has 0 radical (unpaired) electrons. The van der Waals surface area contributed by atoms with E-state index in [0.29, 0.717) is 40.4 Å². The molecule has 1 saturated heterocycles. The number of fused-ring (bicyclic) bond motifs is 2. The Labute approximate surface area is 179 Å². The number of likely N-dealkylation sites (tertiary alicyclic amines) is 1. The third-order valence-corrected chi connectivity index (χ3v) is 6.51. The summed E-state index contributed by atoms with van der Waals surface area (Å²) in [6.45, 7) is 0. The van der Waals surface area contributed by atoms with Crippen LogP contribution in [0, 0.1) is 5.92 Å². The minimum absolute atomic E-state index is 0.0615. The molecule has 160 valence electrons. The van der Waals surface area contributed by atoms with E-state index in [-0.39, 0.29) is 17.9 Å². The molecule has 2 heterocycles. The van der Waals surface area contributed by atoms with Gasteiger partial charge in [0.15, 0.2) is 5.52 Å². The molecular formula is C23H24N4O4. The lowest BCUT2D eigenvalue weighted by molar-refractivity contribution is -0.120. The van der Waals surface area contributed by atoms with Crippen LogP contribution in [0.15, 0.2) is 47.1 Å². The molecule has 3 atom stereocenters. The molecule has 0 unspecified atom stereocenters. The van der Waals surface area contributed by atoms with E-state index in [2.05, 4.69) is 15.6 Å². The fourth-order valence-corrected chi connectivity index (χ4v) is 5.07. The summed E-state index contributed by atoms with van der Waals surface area (Å²) < 4.78 is 10.2. The van der Waals surface area contributed by atoms with E-state index >= 15 is 0 Å². The second kappa shape index (κ2) is 8.02. The van der Waals surface area contributed by atoms with Crippen LogP contribution < -0.4 is 10.1 Å². The number of anilines is 1. The van der Waals surface area contributed by atoms with Gasteiger partial charge in [0.25, 0.3) is 5.91 Å². The van der Waals surface area contributed by atoms with Gasteiger partial charge in [-0.2, -0.15) is 0 Å². The van der Waals surface area contributed by atoms with E-state index in [9.17, 15) is 9.59 Å². The summed E-state index contributed by atoms with van der Waals surface area (Å²) in [5.41, 5.74) is 2.08. The van der Waals surface area contributed by atoms with Crippen molar-refractivity contribution in [2.45, 2.75) is 44.2 Å². The van der Waals surface area contributed by atoms with Gasteiger partial charge in [0.05, 0.1) is 18.4 Å². The van der Waals surface area contributed by atoms with E-state index in [4.69, 9.17) is 9.37 Å². The Balaban J connectivity index is 1.47. The van der Waals surface area contributed by atoms with Gasteiger partial charge in [-0.05, 0) is 59.8 Å². The third kappa shape index (κ3) is 3.41. The van der Waals surface area contributed by atoms with Gasteiger partial charge in [-0.1, -0.05) is 31.0 Å². The summed E-state index contributed by atoms with van der Waals surface area (Å²) in [6.07, 6.45) is 4.81. The Morgan fingerprint density at radius 1 is 1.10 bits per heavy atom. The Hall–Kier alpha value is -3.42. The Morgan fingerprint density at radius 2 is 1.94 bits per heavy atom. The number of benzene rings is 2. The van der Waals surface area contributed by atoms with Gasteiger partial charge >= 0.3 is 0 Å². The van der Waals surface area contributed by atoms with Gasteiger partial charge in [0.2, 0.25) is 5.91 Å². The van der Waals surface area contributed by atoms with E-state index in [1.807, 2.05) is 12.1 Å². The fourth-order valence-electron chi connectivity index (χ4n) is 5.07. The molecule has 2 amide bonds.